The molecule has 23 heavy (non-hydrogen) atoms. The Kier molecular flexibility index (Phi) is 5.28. The van der Waals surface area contributed by atoms with Gasteiger partial charge in [0.15, 0.2) is 5.58 Å². The third-order valence-electron chi connectivity index (χ3n) is 4.66. The van der Waals surface area contributed by atoms with E-state index >= 15 is 0 Å². The lowest BCUT2D eigenvalue weighted by Gasteiger charge is -2.33. The summed E-state index contributed by atoms with van der Waals surface area (Å²) in [6.45, 7) is 5.28. The van der Waals surface area contributed by atoms with Gasteiger partial charge in [0, 0.05) is 24.5 Å². The first-order chi connectivity index (χ1) is 11.2. The van der Waals surface area contributed by atoms with Crippen LogP contribution in [0.1, 0.15) is 38.3 Å². The van der Waals surface area contributed by atoms with Crippen molar-refractivity contribution in [2.75, 3.05) is 19.6 Å². The van der Waals surface area contributed by atoms with Gasteiger partial charge < -0.3 is 14.7 Å². The van der Waals surface area contributed by atoms with Crippen LogP contribution in [0.15, 0.2) is 28.8 Å². The second-order valence-corrected chi connectivity index (χ2v) is 6.39. The van der Waals surface area contributed by atoms with Crippen LogP contribution < -0.4 is 5.32 Å². The van der Waals surface area contributed by atoms with E-state index in [1.165, 1.54) is 25.8 Å². The number of aromatic nitrogens is 1. The van der Waals surface area contributed by atoms with E-state index in [0.29, 0.717) is 11.7 Å². The maximum Gasteiger partial charge on any atom is 0.226 e. The predicted molar refractivity (Wildman–Crippen MR) is 90.2 cm³/mol. The summed E-state index contributed by atoms with van der Waals surface area (Å²) < 4.78 is 5.23. The molecule has 5 heteroatoms. The second-order valence-electron chi connectivity index (χ2n) is 6.39. The van der Waals surface area contributed by atoms with Crippen LogP contribution in [-0.4, -0.2) is 41.6 Å². The summed E-state index contributed by atoms with van der Waals surface area (Å²) in [4.78, 5) is 14.6. The second kappa shape index (κ2) is 7.59. The van der Waals surface area contributed by atoms with Crippen molar-refractivity contribution in [1.29, 1.82) is 0 Å². The molecule has 1 fully saturated rings. The number of piperidine rings is 1. The lowest BCUT2D eigenvalue weighted by atomic mass is 10.0. The van der Waals surface area contributed by atoms with Crippen LogP contribution in [0.5, 0.6) is 0 Å². The summed E-state index contributed by atoms with van der Waals surface area (Å²) in [6.07, 6.45) is 5.22. The Morgan fingerprint density at radius 1 is 1.39 bits per heavy atom. The van der Waals surface area contributed by atoms with Crippen molar-refractivity contribution in [2.24, 2.45) is 0 Å². The Morgan fingerprint density at radius 3 is 3.13 bits per heavy atom. The van der Waals surface area contributed by atoms with Gasteiger partial charge >= 0.3 is 0 Å². The molecule has 0 aliphatic carbocycles. The molecule has 1 amide bonds. The summed E-state index contributed by atoms with van der Waals surface area (Å²) in [5.41, 5.74) is 1.44. The zero-order valence-electron chi connectivity index (χ0n) is 13.8. The number of amides is 1. The van der Waals surface area contributed by atoms with Crippen molar-refractivity contribution in [3.63, 3.8) is 0 Å². The number of hydrogen-bond donors (Lipinski definition) is 1. The number of hydrogen-bond acceptors (Lipinski definition) is 4. The van der Waals surface area contributed by atoms with Crippen LogP contribution in [0.2, 0.25) is 0 Å². The summed E-state index contributed by atoms with van der Waals surface area (Å²) in [7, 11) is 0. The van der Waals surface area contributed by atoms with Gasteiger partial charge in [-0.15, -0.1) is 0 Å². The van der Waals surface area contributed by atoms with Crippen LogP contribution in [0, 0.1) is 0 Å². The Balaban J connectivity index is 1.41. The molecule has 5 nitrogen and oxygen atoms in total. The van der Waals surface area contributed by atoms with E-state index < -0.39 is 0 Å². The topological polar surface area (TPSA) is 58.4 Å². The van der Waals surface area contributed by atoms with Gasteiger partial charge in [-0.25, -0.2) is 0 Å². The summed E-state index contributed by atoms with van der Waals surface area (Å²) in [6, 6.07) is 8.32. The van der Waals surface area contributed by atoms with Gasteiger partial charge in [-0.2, -0.15) is 0 Å². The fourth-order valence-electron chi connectivity index (χ4n) is 3.28. The molecular weight excluding hydrogens is 290 g/mol. The Morgan fingerprint density at radius 2 is 2.26 bits per heavy atom. The van der Waals surface area contributed by atoms with Gasteiger partial charge in [0.05, 0.1) is 6.42 Å². The predicted octanol–water partition coefficient (Wildman–Crippen LogP) is 2.75. The Bertz CT molecular complexity index is 653. The minimum absolute atomic E-state index is 0.00995. The molecule has 1 saturated heterocycles. The highest BCUT2D eigenvalue weighted by atomic mass is 16.5. The molecule has 3 rings (SSSR count). The molecule has 1 aromatic carbocycles. The first-order valence-electron chi connectivity index (χ1n) is 8.58. The highest BCUT2D eigenvalue weighted by molar-refractivity contribution is 5.86. The molecular formula is C18H25N3O2. The first-order valence-corrected chi connectivity index (χ1v) is 8.58. The number of carbonyl (C=O) groups is 1. The van der Waals surface area contributed by atoms with Crippen molar-refractivity contribution < 1.29 is 9.32 Å². The summed E-state index contributed by atoms with van der Waals surface area (Å²) >= 11 is 0. The van der Waals surface area contributed by atoms with Crippen molar-refractivity contribution in [3.05, 3.63) is 30.0 Å². The Hall–Kier alpha value is -1.88. The zero-order chi connectivity index (χ0) is 16.1. The quantitative estimate of drug-likeness (QED) is 0.833. The fraction of sp³-hybridized carbons (Fsp3) is 0.556. The van der Waals surface area contributed by atoms with Gasteiger partial charge in [-0.1, -0.05) is 23.7 Å². The average Bonchev–Trinajstić information content (AvgIpc) is 2.96. The molecule has 0 unspecified atom stereocenters. The molecule has 0 saturated carbocycles. The number of fused-ring (bicyclic) bond motifs is 1. The van der Waals surface area contributed by atoms with Gasteiger partial charge in [-0.3, -0.25) is 4.79 Å². The van der Waals surface area contributed by atoms with Crippen molar-refractivity contribution in [1.82, 2.24) is 15.4 Å². The highest BCUT2D eigenvalue weighted by Crippen LogP contribution is 2.18. The van der Waals surface area contributed by atoms with Gasteiger partial charge in [0.25, 0.3) is 0 Å². The maximum absolute atomic E-state index is 12.1. The molecule has 1 atom stereocenters. The van der Waals surface area contributed by atoms with Crippen LogP contribution >= 0.6 is 0 Å². The monoisotopic (exact) mass is 315 g/mol. The molecule has 0 bridgehead atoms. The van der Waals surface area contributed by atoms with Crippen LogP contribution in [-0.2, 0) is 11.2 Å². The number of benzene rings is 1. The van der Waals surface area contributed by atoms with E-state index in [9.17, 15) is 4.79 Å². The van der Waals surface area contributed by atoms with E-state index in [0.717, 1.165) is 30.5 Å². The molecule has 1 aromatic heterocycles. The van der Waals surface area contributed by atoms with Gasteiger partial charge in [-0.05, 0) is 44.9 Å². The van der Waals surface area contributed by atoms with Crippen molar-refractivity contribution in [2.45, 2.75) is 45.1 Å². The number of nitrogens with zero attached hydrogens (tertiary/aromatic N) is 2. The molecule has 1 N–H and O–H groups in total. The average molecular weight is 315 g/mol. The highest BCUT2D eigenvalue weighted by Gasteiger charge is 2.17. The number of rotatable bonds is 6. The fourth-order valence-corrected chi connectivity index (χ4v) is 3.28. The van der Waals surface area contributed by atoms with Crippen LogP contribution in [0.25, 0.3) is 11.0 Å². The zero-order valence-corrected chi connectivity index (χ0v) is 13.8. The molecule has 1 aliphatic heterocycles. The van der Waals surface area contributed by atoms with Gasteiger partial charge in [0.2, 0.25) is 5.91 Å². The molecule has 2 aromatic rings. The summed E-state index contributed by atoms with van der Waals surface area (Å²) in [5.74, 6) is 0.00995. The molecule has 124 valence electrons. The third-order valence-corrected chi connectivity index (χ3v) is 4.66. The van der Waals surface area contributed by atoms with E-state index in [2.05, 4.69) is 22.3 Å². The van der Waals surface area contributed by atoms with Crippen molar-refractivity contribution in [3.8, 4) is 0 Å². The number of likely N-dealkylation sites (tertiary alicyclic amines) is 1. The van der Waals surface area contributed by atoms with E-state index in [1.807, 2.05) is 24.3 Å². The SMILES string of the molecule is C[C@@H]1CCCCN1CCCNC(=O)Cc1noc2ccccc12. The lowest BCUT2D eigenvalue weighted by Crippen LogP contribution is -2.39. The molecule has 0 spiro atoms. The first kappa shape index (κ1) is 16.0. The summed E-state index contributed by atoms with van der Waals surface area (Å²) in [5, 5.41) is 7.92. The van der Waals surface area contributed by atoms with Crippen LogP contribution in [0.3, 0.4) is 0 Å². The van der Waals surface area contributed by atoms with E-state index in [4.69, 9.17) is 4.52 Å². The molecule has 1 aliphatic rings. The minimum atomic E-state index is 0.00995. The number of nitrogens with one attached hydrogen (secondary N) is 1. The normalized spacial score (nSPS) is 19.1. The number of carbonyl (C=O) groups excluding carboxylic acids is 1. The lowest BCUT2D eigenvalue weighted by molar-refractivity contribution is -0.120. The van der Waals surface area contributed by atoms with Crippen molar-refractivity contribution >= 4 is 16.9 Å². The maximum atomic E-state index is 12.1. The van der Waals surface area contributed by atoms with Crippen LogP contribution in [0.4, 0.5) is 0 Å². The van der Waals surface area contributed by atoms with E-state index in [1.54, 1.807) is 0 Å². The third kappa shape index (κ3) is 4.10. The number of para-hydroxylation sites is 1. The Labute approximate surface area is 137 Å². The van der Waals surface area contributed by atoms with Gasteiger partial charge in [0.1, 0.15) is 5.69 Å². The standard InChI is InChI=1S/C18H25N3O2/c1-14-7-4-5-11-21(14)12-6-10-19-18(22)13-16-15-8-2-3-9-17(15)23-20-16/h2-3,8-9,14H,4-7,10-13H2,1H3,(H,19,22)/t14-/m1/s1. The molecule has 0 radical (unpaired) electrons. The smallest absolute Gasteiger partial charge is 0.226 e. The van der Waals surface area contributed by atoms with E-state index in [-0.39, 0.29) is 12.3 Å². The molecule has 2 heterocycles. The largest absolute Gasteiger partial charge is 0.356 e. The minimum Gasteiger partial charge on any atom is -0.356 e.